The Balaban J connectivity index is 1.65. The minimum Gasteiger partial charge on any atom is -0.468 e. The molecule has 3 rings (SSSR count). The van der Waals surface area contributed by atoms with Crippen LogP contribution in [0.3, 0.4) is 0 Å². The lowest BCUT2D eigenvalue weighted by atomic mass is 9.95. The van der Waals surface area contributed by atoms with Gasteiger partial charge in [0.2, 0.25) is 0 Å². The number of thioether (sulfide) groups is 1. The summed E-state index contributed by atoms with van der Waals surface area (Å²) in [5.41, 5.74) is -0.493. The van der Waals surface area contributed by atoms with Crippen LogP contribution in [-0.4, -0.2) is 30.4 Å². The third kappa shape index (κ3) is 3.04. The van der Waals surface area contributed by atoms with Gasteiger partial charge in [-0.2, -0.15) is 11.8 Å². The number of methoxy groups -OCH3 is 1. The molecule has 1 atom stereocenters. The lowest BCUT2D eigenvalue weighted by molar-refractivity contribution is -0.148. The SMILES string of the molecule is COC(=O)C(CSCc1ccco1)(NC1CC1)C1CC1. The van der Waals surface area contributed by atoms with Crippen molar-refractivity contribution in [1.29, 1.82) is 0 Å². The molecule has 0 aliphatic heterocycles. The maximum Gasteiger partial charge on any atom is 0.327 e. The molecule has 5 heteroatoms. The first-order chi connectivity index (χ1) is 9.74. The Labute approximate surface area is 123 Å². The highest BCUT2D eigenvalue weighted by Crippen LogP contribution is 2.44. The van der Waals surface area contributed by atoms with Gasteiger partial charge < -0.3 is 9.15 Å². The standard InChI is InChI=1S/C15H21NO3S/c1-18-14(17)15(11-4-5-11,16-12-6-7-12)10-20-9-13-3-2-8-19-13/h2-3,8,11-12,16H,4-7,9-10H2,1H3. The molecule has 0 saturated heterocycles. The maximum absolute atomic E-state index is 12.3. The Morgan fingerprint density at radius 1 is 1.50 bits per heavy atom. The molecule has 1 heterocycles. The van der Waals surface area contributed by atoms with Crippen LogP contribution in [-0.2, 0) is 15.3 Å². The van der Waals surface area contributed by atoms with Crippen LogP contribution in [0.2, 0.25) is 0 Å². The highest BCUT2D eigenvalue weighted by Gasteiger charge is 2.53. The summed E-state index contributed by atoms with van der Waals surface area (Å²) in [5.74, 6) is 2.83. The van der Waals surface area contributed by atoms with Gasteiger partial charge >= 0.3 is 5.97 Å². The first kappa shape index (κ1) is 14.0. The summed E-state index contributed by atoms with van der Waals surface area (Å²) < 4.78 is 10.4. The number of hydrogen-bond donors (Lipinski definition) is 1. The topological polar surface area (TPSA) is 51.5 Å². The second kappa shape index (κ2) is 5.82. The Bertz CT molecular complexity index is 454. The van der Waals surface area contributed by atoms with Crippen LogP contribution >= 0.6 is 11.8 Å². The summed E-state index contributed by atoms with van der Waals surface area (Å²) in [4.78, 5) is 12.3. The van der Waals surface area contributed by atoms with Crippen LogP contribution in [0.1, 0.15) is 31.4 Å². The van der Waals surface area contributed by atoms with E-state index in [0.717, 1.165) is 30.1 Å². The molecule has 2 aliphatic carbocycles. The molecule has 0 spiro atoms. The van der Waals surface area contributed by atoms with E-state index < -0.39 is 5.54 Å². The van der Waals surface area contributed by atoms with Gasteiger partial charge in [-0.1, -0.05) is 0 Å². The molecule has 1 N–H and O–H groups in total. The molecule has 1 unspecified atom stereocenters. The van der Waals surface area contributed by atoms with Gasteiger partial charge in [0.25, 0.3) is 0 Å². The second-order valence-electron chi connectivity index (χ2n) is 5.73. The third-order valence-electron chi connectivity index (χ3n) is 4.02. The van der Waals surface area contributed by atoms with Crippen molar-refractivity contribution in [2.75, 3.05) is 12.9 Å². The summed E-state index contributed by atoms with van der Waals surface area (Å²) in [6.07, 6.45) is 6.28. The molecule has 1 aromatic heterocycles. The summed E-state index contributed by atoms with van der Waals surface area (Å²) in [6, 6.07) is 4.37. The van der Waals surface area contributed by atoms with Crippen molar-refractivity contribution in [3.63, 3.8) is 0 Å². The number of ether oxygens (including phenoxy) is 1. The van der Waals surface area contributed by atoms with Gasteiger partial charge in [-0.25, -0.2) is 0 Å². The number of carbonyl (C=O) groups is 1. The van der Waals surface area contributed by atoms with Gasteiger partial charge in [0.15, 0.2) is 0 Å². The van der Waals surface area contributed by atoms with Crippen molar-refractivity contribution in [1.82, 2.24) is 5.32 Å². The Morgan fingerprint density at radius 2 is 2.30 bits per heavy atom. The van der Waals surface area contributed by atoms with Gasteiger partial charge in [-0.3, -0.25) is 10.1 Å². The predicted molar refractivity (Wildman–Crippen MR) is 78.5 cm³/mol. The van der Waals surface area contributed by atoms with Crippen molar-refractivity contribution in [2.24, 2.45) is 5.92 Å². The number of furan rings is 1. The van der Waals surface area contributed by atoms with Gasteiger partial charge in [-0.05, 0) is 43.7 Å². The predicted octanol–water partition coefficient (Wildman–Crippen LogP) is 2.59. The van der Waals surface area contributed by atoms with Gasteiger partial charge in [0, 0.05) is 11.8 Å². The second-order valence-corrected chi connectivity index (χ2v) is 6.71. The molecular formula is C15H21NO3S. The van der Waals surface area contributed by atoms with Gasteiger partial charge in [0.05, 0.1) is 19.1 Å². The van der Waals surface area contributed by atoms with Crippen LogP contribution in [0.5, 0.6) is 0 Å². The molecule has 2 fully saturated rings. The lowest BCUT2D eigenvalue weighted by Gasteiger charge is -2.32. The fourth-order valence-corrected chi connectivity index (χ4v) is 3.85. The fourth-order valence-electron chi connectivity index (χ4n) is 2.62. The van der Waals surface area contributed by atoms with E-state index in [9.17, 15) is 4.79 Å². The van der Waals surface area contributed by atoms with E-state index in [2.05, 4.69) is 5.32 Å². The highest BCUT2D eigenvalue weighted by molar-refractivity contribution is 7.98. The first-order valence-corrected chi connectivity index (χ1v) is 8.36. The molecule has 2 saturated carbocycles. The van der Waals surface area contributed by atoms with Crippen LogP contribution in [0.4, 0.5) is 0 Å². The van der Waals surface area contributed by atoms with Crippen LogP contribution < -0.4 is 5.32 Å². The van der Waals surface area contributed by atoms with Crippen molar-refractivity contribution >= 4 is 17.7 Å². The number of rotatable bonds is 8. The molecule has 0 bridgehead atoms. The Kier molecular flexibility index (Phi) is 4.08. The quantitative estimate of drug-likeness (QED) is 0.747. The van der Waals surface area contributed by atoms with Crippen LogP contribution in [0.25, 0.3) is 0 Å². The summed E-state index contributed by atoms with van der Waals surface area (Å²) in [7, 11) is 1.49. The van der Waals surface area contributed by atoms with Crippen LogP contribution in [0, 0.1) is 5.92 Å². The van der Waals surface area contributed by atoms with E-state index in [0.29, 0.717) is 12.0 Å². The molecule has 0 radical (unpaired) electrons. The van der Waals surface area contributed by atoms with E-state index >= 15 is 0 Å². The molecule has 0 amide bonds. The zero-order valence-corrected chi connectivity index (χ0v) is 12.6. The zero-order chi connectivity index (χ0) is 14.0. The first-order valence-electron chi connectivity index (χ1n) is 7.21. The Morgan fingerprint density at radius 3 is 2.85 bits per heavy atom. The average molecular weight is 295 g/mol. The minimum atomic E-state index is -0.493. The molecular weight excluding hydrogens is 274 g/mol. The smallest absolute Gasteiger partial charge is 0.327 e. The van der Waals surface area contributed by atoms with E-state index in [1.54, 1.807) is 18.0 Å². The molecule has 20 heavy (non-hydrogen) atoms. The number of hydrogen-bond acceptors (Lipinski definition) is 5. The molecule has 4 nitrogen and oxygen atoms in total. The van der Waals surface area contributed by atoms with Crippen molar-refractivity contribution < 1.29 is 13.9 Å². The Hall–Kier alpha value is -0.940. The van der Waals surface area contributed by atoms with E-state index in [-0.39, 0.29) is 5.97 Å². The van der Waals surface area contributed by atoms with Crippen molar-refractivity contribution in [3.05, 3.63) is 24.2 Å². The van der Waals surface area contributed by atoms with Gasteiger partial charge in [0.1, 0.15) is 11.3 Å². The van der Waals surface area contributed by atoms with Gasteiger partial charge in [-0.15, -0.1) is 0 Å². The largest absolute Gasteiger partial charge is 0.468 e. The normalized spacial score (nSPS) is 21.4. The number of nitrogens with one attached hydrogen (secondary N) is 1. The monoisotopic (exact) mass is 295 g/mol. The molecule has 1 aromatic rings. The molecule has 2 aliphatic rings. The lowest BCUT2D eigenvalue weighted by Crippen LogP contribution is -2.57. The summed E-state index contributed by atoms with van der Waals surface area (Å²) >= 11 is 1.74. The molecule has 0 aromatic carbocycles. The third-order valence-corrected chi connectivity index (χ3v) is 5.17. The summed E-state index contributed by atoms with van der Waals surface area (Å²) in [5, 5.41) is 3.57. The fraction of sp³-hybridized carbons (Fsp3) is 0.667. The van der Waals surface area contributed by atoms with Crippen LogP contribution in [0.15, 0.2) is 22.8 Å². The van der Waals surface area contributed by atoms with Crippen molar-refractivity contribution in [2.45, 2.75) is 43.0 Å². The minimum absolute atomic E-state index is 0.0983. The maximum atomic E-state index is 12.3. The van der Waals surface area contributed by atoms with Crippen molar-refractivity contribution in [3.8, 4) is 0 Å². The zero-order valence-electron chi connectivity index (χ0n) is 11.8. The number of esters is 1. The van der Waals surface area contributed by atoms with E-state index in [1.165, 1.54) is 20.0 Å². The summed E-state index contributed by atoms with van der Waals surface area (Å²) in [6.45, 7) is 0. The number of carbonyl (C=O) groups excluding carboxylic acids is 1. The molecule has 110 valence electrons. The average Bonchev–Trinajstić information content (AvgIpc) is 3.37. The van der Waals surface area contributed by atoms with E-state index in [4.69, 9.17) is 9.15 Å². The highest BCUT2D eigenvalue weighted by atomic mass is 32.2. The van der Waals surface area contributed by atoms with E-state index in [1.807, 2.05) is 12.1 Å².